The number of nitrogens with zero attached hydrogens (tertiary/aromatic N) is 1. The molecule has 2 aliphatic rings. The number of hydrogen-bond acceptors (Lipinski definition) is 4. The Kier molecular flexibility index (Phi) is 5.36. The van der Waals surface area contributed by atoms with Crippen molar-refractivity contribution in [1.29, 1.82) is 0 Å². The molecule has 0 radical (unpaired) electrons. The average molecular weight is 367 g/mol. The number of Topliss-reactive ketones (excluding diaryl/α,β-unsaturated/α-hetero) is 1. The maximum absolute atomic E-state index is 13.1. The van der Waals surface area contributed by atoms with Gasteiger partial charge in [0.25, 0.3) is 0 Å². The van der Waals surface area contributed by atoms with Gasteiger partial charge in [-0.25, -0.2) is 0 Å². The minimum absolute atomic E-state index is 0.104. The van der Waals surface area contributed by atoms with Crippen molar-refractivity contribution in [2.45, 2.75) is 59.8 Å². The molecule has 1 aliphatic heterocycles. The molecule has 0 aromatic heterocycles. The van der Waals surface area contributed by atoms with Crippen LogP contribution in [-0.2, 0) is 14.3 Å². The van der Waals surface area contributed by atoms with Crippen LogP contribution in [-0.4, -0.2) is 24.1 Å². The predicted molar refractivity (Wildman–Crippen MR) is 107 cm³/mol. The topological polar surface area (TPSA) is 55.7 Å². The number of hydrogen-bond donors (Lipinski definition) is 0. The lowest BCUT2D eigenvalue weighted by atomic mass is 9.67. The van der Waals surface area contributed by atoms with Gasteiger partial charge in [-0.2, -0.15) is 0 Å². The smallest absolute Gasteiger partial charge is 0.315 e. The van der Waals surface area contributed by atoms with E-state index in [0.717, 1.165) is 35.4 Å². The summed E-state index contributed by atoms with van der Waals surface area (Å²) in [5, 5.41) is 0. The molecule has 1 aromatic carbocycles. The van der Waals surface area contributed by atoms with Gasteiger partial charge in [0.1, 0.15) is 5.92 Å². The lowest BCUT2D eigenvalue weighted by Gasteiger charge is -2.39. The van der Waals surface area contributed by atoms with Crippen LogP contribution in [0.25, 0.3) is 0 Å². The van der Waals surface area contributed by atoms with E-state index in [1.807, 2.05) is 45.0 Å². The van der Waals surface area contributed by atoms with Crippen LogP contribution in [0.2, 0.25) is 0 Å². The largest absolute Gasteiger partial charge is 0.465 e. The van der Waals surface area contributed by atoms with Crippen molar-refractivity contribution in [1.82, 2.24) is 0 Å². The molecule has 0 saturated heterocycles. The third-order valence-electron chi connectivity index (χ3n) is 5.44. The van der Waals surface area contributed by atoms with Gasteiger partial charge in [0.05, 0.1) is 6.61 Å². The molecule has 0 N–H and O–H groups in total. The fourth-order valence-corrected chi connectivity index (χ4v) is 4.18. The highest BCUT2D eigenvalue weighted by molar-refractivity contribution is 6.09. The first-order valence-electron chi connectivity index (χ1n) is 9.78. The van der Waals surface area contributed by atoms with E-state index in [1.165, 1.54) is 0 Å². The van der Waals surface area contributed by atoms with Crippen LogP contribution in [0.4, 0.5) is 0 Å². The van der Waals surface area contributed by atoms with Crippen LogP contribution < -0.4 is 0 Å². The Morgan fingerprint density at radius 1 is 1.19 bits per heavy atom. The zero-order valence-electron chi connectivity index (χ0n) is 17.0. The number of carbonyl (C=O) groups is 2. The summed E-state index contributed by atoms with van der Waals surface area (Å²) in [6, 6.07) is 8.11. The van der Waals surface area contributed by atoms with Crippen molar-refractivity contribution < 1.29 is 14.3 Å². The molecule has 1 aliphatic carbocycles. The lowest BCUT2D eigenvalue weighted by Crippen LogP contribution is -2.39. The molecule has 1 heterocycles. The number of aliphatic imine (C=N–C) groups is 1. The molecule has 0 amide bonds. The zero-order valence-corrected chi connectivity index (χ0v) is 17.0. The van der Waals surface area contributed by atoms with Gasteiger partial charge in [-0.15, -0.1) is 0 Å². The van der Waals surface area contributed by atoms with Gasteiger partial charge in [-0.3, -0.25) is 14.6 Å². The summed E-state index contributed by atoms with van der Waals surface area (Å²) in [6.07, 6.45) is 2.01. The van der Waals surface area contributed by atoms with Gasteiger partial charge in [-0.1, -0.05) is 50.6 Å². The summed E-state index contributed by atoms with van der Waals surface area (Å²) in [4.78, 5) is 30.7. The lowest BCUT2D eigenvalue weighted by molar-refractivity contribution is -0.146. The molecular weight excluding hydrogens is 338 g/mol. The second-order valence-corrected chi connectivity index (χ2v) is 8.59. The highest BCUT2D eigenvalue weighted by Gasteiger charge is 2.45. The summed E-state index contributed by atoms with van der Waals surface area (Å²) in [7, 11) is 0. The van der Waals surface area contributed by atoms with Crippen molar-refractivity contribution >= 4 is 17.5 Å². The van der Waals surface area contributed by atoms with E-state index in [1.54, 1.807) is 0 Å². The highest BCUT2D eigenvalue weighted by atomic mass is 16.5. The van der Waals surface area contributed by atoms with E-state index < -0.39 is 5.92 Å². The molecular formula is C23H29NO3. The molecule has 0 saturated carbocycles. The first kappa shape index (κ1) is 19.5. The Labute approximate surface area is 161 Å². The zero-order chi connectivity index (χ0) is 19.8. The first-order chi connectivity index (χ1) is 12.7. The number of rotatable bonds is 4. The van der Waals surface area contributed by atoms with Crippen molar-refractivity contribution in [2.24, 2.45) is 16.3 Å². The van der Waals surface area contributed by atoms with Crippen molar-refractivity contribution in [3.63, 3.8) is 0 Å². The Hall–Kier alpha value is -2.23. The van der Waals surface area contributed by atoms with Gasteiger partial charge in [-0.05, 0) is 37.7 Å². The van der Waals surface area contributed by atoms with Gasteiger partial charge >= 0.3 is 5.97 Å². The monoisotopic (exact) mass is 367 g/mol. The number of ketones is 1. The summed E-state index contributed by atoms with van der Waals surface area (Å²) in [5.41, 5.74) is 4.32. The average Bonchev–Trinajstić information content (AvgIpc) is 2.58. The quantitative estimate of drug-likeness (QED) is 0.721. The molecule has 4 nitrogen and oxygen atoms in total. The number of carbonyl (C=O) groups excluding carboxylic acids is 2. The number of aryl methyl sites for hydroxylation is 1. The second-order valence-electron chi connectivity index (χ2n) is 8.59. The van der Waals surface area contributed by atoms with E-state index in [2.05, 4.69) is 13.8 Å². The summed E-state index contributed by atoms with van der Waals surface area (Å²) in [5.74, 6) is -1.03. The molecule has 144 valence electrons. The highest BCUT2D eigenvalue weighted by Crippen LogP contribution is 2.47. The van der Waals surface area contributed by atoms with Gasteiger partial charge in [0.2, 0.25) is 0 Å². The SMILES string of the molecule is CCCOC(=O)C1C(C)=NC2=C(C(=O)CC(C)(C)C2)[C@H]1c1ccc(C)cc1. The van der Waals surface area contributed by atoms with E-state index in [4.69, 9.17) is 9.73 Å². The predicted octanol–water partition coefficient (Wildman–Crippen LogP) is 4.77. The molecule has 0 spiro atoms. The molecule has 1 aromatic rings. The molecule has 1 unspecified atom stereocenters. The molecule has 0 bridgehead atoms. The van der Waals surface area contributed by atoms with E-state index in [0.29, 0.717) is 18.6 Å². The summed E-state index contributed by atoms with van der Waals surface area (Å²) >= 11 is 0. The van der Waals surface area contributed by atoms with Crippen molar-refractivity contribution in [3.8, 4) is 0 Å². The van der Waals surface area contributed by atoms with E-state index in [-0.39, 0.29) is 23.1 Å². The third-order valence-corrected chi connectivity index (χ3v) is 5.44. The van der Waals surface area contributed by atoms with E-state index >= 15 is 0 Å². The van der Waals surface area contributed by atoms with Crippen LogP contribution in [0.1, 0.15) is 64.0 Å². The number of esters is 1. The number of benzene rings is 1. The minimum Gasteiger partial charge on any atom is -0.465 e. The Morgan fingerprint density at radius 2 is 1.85 bits per heavy atom. The summed E-state index contributed by atoms with van der Waals surface area (Å²) < 4.78 is 5.48. The molecule has 2 atom stereocenters. The molecule has 4 heteroatoms. The fraction of sp³-hybridized carbons (Fsp3) is 0.522. The normalized spacial score (nSPS) is 24.3. The Morgan fingerprint density at radius 3 is 2.48 bits per heavy atom. The molecule has 3 rings (SSSR count). The minimum atomic E-state index is -0.539. The third kappa shape index (κ3) is 3.90. The van der Waals surface area contributed by atoms with Crippen LogP contribution in [0.5, 0.6) is 0 Å². The van der Waals surface area contributed by atoms with Gasteiger partial charge in [0.15, 0.2) is 5.78 Å². The fourth-order valence-electron chi connectivity index (χ4n) is 4.18. The maximum Gasteiger partial charge on any atom is 0.315 e. The standard InChI is InChI=1S/C23H29NO3/c1-6-11-27-22(26)19-15(3)24-17-12-23(4,5)13-18(25)21(17)20(19)16-9-7-14(2)8-10-16/h7-10,19-20H,6,11-13H2,1-5H3/t19?,20-/m0/s1. The maximum atomic E-state index is 13.1. The number of ether oxygens (including phenoxy) is 1. The number of allylic oxidation sites excluding steroid dienone is 2. The van der Waals surface area contributed by atoms with Crippen LogP contribution in [0.3, 0.4) is 0 Å². The van der Waals surface area contributed by atoms with Crippen LogP contribution in [0, 0.1) is 18.3 Å². The van der Waals surface area contributed by atoms with Crippen LogP contribution >= 0.6 is 0 Å². The van der Waals surface area contributed by atoms with Crippen molar-refractivity contribution in [2.75, 3.05) is 6.61 Å². The summed E-state index contributed by atoms with van der Waals surface area (Å²) in [6.45, 7) is 10.5. The second kappa shape index (κ2) is 7.41. The molecule has 0 fully saturated rings. The van der Waals surface area contributed by atoms with Gasteiger partial charge < -0.3 is 4.74 Å². The molecule has 27 heavy (non-hydrogen) atoms. The first-order valence-corrected chi connectivity index (χ1v) is 9.78. The van der Waals surface area contributed by atoms with Gasteiger partial charge in [0, 0.05) is 29.3 Å². The van der Waals surface area contributed by atoms with Crippen LogP contribution in [0.15, 0.2) is 40.5 Å². The Balaban J connectivity index is 2.12. The Bertz CT molecular complexity index is 815. The van der Waals surface area contributed by atoms with E-state index in [9.17, 15) is 9.59 Å². The van der Waals surface area contributed by atoms with Crippen molar-refractivity contribution in [3.05, 3.63) is 46.7 Å².